The van der Waals surface area contributed by atoms with E-state index in [1.807, 2.05) is 0 Å². The molecule has 3 heteroatoms. The molecule has 3 rings (SSSR count). The average molecular weight is 332 g/mol. The minimum Gasteiger partial charge on any atom is -0.288 e. The van der Waals surface area contributed by atoms with Crippen molar-refractivity contribution in [3.05, 3.63) is 94.2 Å². The Labute approximate surface area is 145 Å². The lowest BCUT2D eigenvalue weighted by atomic mass is 9.93. The van der Waals surface area contributed by atoms with E-state index in [4.69, 9.17) is 0 Å². The van der Waals surface area contributed by atoms with Gasteiger partial charge >= 0.3 is 0 Å². The summed E-state index contributed by atoms with van der Waals surface area (Å²) < 4.78 is 26.5. The molecule has 1 aliphatic carbocycles. The van der Waals surface area contributed by atoms with Crippen LogP contribution in [0.4, 0.5) is 8.78 Å². The van der Waals surface area contributed by atoms with Crippen molar-refractivity contribution in [2.75, 3.05) is 0 Å². The number of Topliss-reactive ketones (excluding diaryl/α,β-unsaturated/α-hetero) is 1. The number of rotatable bonds is 1. The Morgan fingerprint density at radius 2 is 1.72 bits per heavy atom. The highest BCUT2D eigenvalue weighted by atomic mass is 19.1. The number of hydrogen-bond donors (Lipinski definition) is 0. The molecule has 1 nitrogen and oxygen atoms in total. The van der Waals surface area contributed by atoms with Gasteiger partial charge in [0.2, 0.25) is 5.78 Å². The predicted octanol–water partition coefficient (Wildman–Crippen LogP) is 4.84. The molecule has 122 valence electrons. The number of allylic oxidation sites excluding steroid dienone is 3. The summed E-state index contributed by atoms with van der Waals surface area (Å²) in [5.74, 6) is 4.54. The first-order chi connectivity index (χ1) is 12.1. The van der Waals surface area contributed by atoms with Crippen molar-refractivity contribution >= 4 is 11.9 Å². The van der Waals surface area contributed by atoms with Crippen molar-refractivity contribution in [2.24, 2.45) is 0 Å². The monoisotopic (exact) mass is 332 g/mol. The fraction of sp³-hybridized carbons (Fsp3) is 0.0909. The fourth-order valence-electron chi connectivity index (χ4n) is 2.40. The quantitative estimate of drug-likeness (QED) is 0.415. The highest BCUT2D eigenvalue weighted by molar-refractivity contribution is 6.12. The minimum absolute atomic E-state index is 0.201. The molecule has 25 heavy (non-hydrogen) atoms. The molecule has 0 bridgehead atoms. The molecule has 0 radical (unpaired) electrons. The van der Waals surface area contributed by atoms with E-state index in [-0.39, 0.29) is 17.2 Å². The summed E-state index contributed by atoms with van der Waals surface area (Å²) in [6.45, 7) is 0. The van der Waals surface area contributed by atoms with E-state index in [1.165, 1.54) is 18.2 Å². The molecule has 0 unspecified atom stereocenters. The molecule has 1 aliphatic rings. The fourth-order valence-corrected chi connectivity index (χ4v) is 2.40. The van der Waals surface area contributed by atoms with Crippen LogP contribution < -0.4 is 0 Å². The summed E-state index contributed by atoms with van der Waals surface area (Å²) in [6, 6.07) is 12.1. The van der Waals surface area contributed by atoms with Gasteiger partial charge in [0.15, 0.2) is 0 Å². The first kappa shape index (κ1) is 16.6. The highest BCUT2D eigenvalue weighted by Crippen LogP contribution is 2.19. The molecule has 0 amide bonds. The van der Waals surface area contributed by atoms with Crippen molar-refractivity contribution in [2.45, 2.75) is 12.8 Å². The SMILES string of the molecule is O=C1C(=C=Cc2ccc(F)cc2)CCC=C1C#Cc1ccccc1F. The van der Waals surface area contributed by atoms with E-state index in [0.29, 0.717) is 24.0 Å². The van der Waals surface area contributed by atoms with Gasteiger partial charge in [-0.05, 0) is 48.7 Å². The summed E-state index contributed by atoms with van der Waals surface area (Å²) in [5.41, 5.74) is 4.87. The third kappa shape index (κ3) is 4.20. The van der Waals surface area contributed by atoms with Crippen LogP contribution in [0.5, 0.6) is 0 Å². The van der Waals surface area contributed by atoms with Crippen LogP contribution in [-0.4, -0.2) is 5.78 Å². The van der Waals surface area contributed by atoms with Crippen LogP contribution in [0.25, 0.3) is 6.08 Å². The molecule has 2 aromatic rings. The standard InChI is InChI=1S/C22H14F2O/c23-20-14-9-16(10-15-20)8-11-18-5-3-6-19(22(18)25)13-12-17-4-1-2-7-21(17)24/h1-2,4,6-10,14-15H,3,5H2. The summed E-state index contributed by atoms with van der Waals surface area (Å²) in [6.07, 6.45) is 4.66. The van der Waals surface area contributed by atoms with Gasteiger partial charge in [0.1, 0.15) is 11.6 Å². The van der Waals surface area contributed by atoms with Gasteiger partial charge < -0.3 is 0 Å². The van der Waals surface area contributed by atoms with E-state index in [9.17, 15) is 13.6 Å². The molecule has 0 saturated heterocycles. The molecule has 0 spiro atoms. The Bertz CT molecular complexity index is 963. The maximum atomic E-state index is 13.6. The third-order valence-electron chi connectivity index (χ3n) is 3.75. The Morgan fingerprint density at radius 3 is 2.48 bits per heavy atom. The van der Waals surface area contributed by atoms with Crippen molar-refractivity contribution in [3.63, 3.8) is 0 Å². The number of carbonyl (C=O) groups is 1. The molecule has 0 saturated carbocycles. The summed E-state index contributed by atoms with van der Waals surface area (Å²) in [5, 5.41) is 0. The topological polar surface area (TPSA) is 17.1 Å². The second-order valence-corrected chi connectivity index (χ2v) is 5.53. The van der Waals surface area contributed by atoms with Crippen LogP contribution in [0.3, 0.4) is 0 Å². The van der Waals surface area contributed by atoms with E-state index in [0.717, 1.165) is 5.56 Å². The molecule has 0 aromatic heterocycles. The van der Waals surface area contributed by atoms with Crippen molar-refractivity contribution in [3.8, 4) is 11.8 Å². The van der Waals surface area contributed by atoms with E-state index in [2.05, 4.69) is 17.6 Å². The van der Waals surface area contributed by atoms with Crippen molar-refractivity contribution in [1.29, 1.82) is 0 Å². The first-order valence-corrected chi connectivity index (χ1v) is 7.86. The molecule has 0 aliphatic heterocycles. The van der Waals surface area contributed by atoms with Crippen LogP contribution in [-0.2, 0) is 4.79 Å². The zero-order valence-electron chi connectivity index (χ0n) is 13.4. The lowest BCUT2D eigenvalue weighted by Gasteiger charge is -2.08. The maximum absolute atomic E-state index is 13.6. The van der Waals surface area contributed by atoms with Gasteiger partial charge in [0.05, 0.1) is 11.1 Å². The van der Waals surface area contributed by atoms with Crippen molar-refractivity contribution in [1.82, 2.24) is 0 Å². The Balaban J connectivity index is 1.84. The summed E-state index contributed by atoms with van der Waals surface area (Å²) in [4.78, 5) is 12.5. The third-order valence-corrected chi connectivity index (χ3v) is 3.75. The van der Waals surface area contributed by atoms with Crippen LogP contribution in [0, 0.1) is 23.5 Å². The Hall–Kier alpha value is -3.21. The van der Waals surface area contributed by atoms with E-state index < -0.39 is 5.82 Å². The van der Waals surface area contributed by atoms with Crippen LogP contribution in [0.15, 0.2) is 71.5 Å². The van der Waals surface area contributed by atoms with Gasteiger partial charge in [-0.25, -0.2) is 8.78 Å². The summed E-state index contributed by atoms with van der Waals surface area (Å²) >= 11 is 0. The lowest BCUT2D eigenvalue weighted by Crippen LogP contribution is -2.09. The van der Waals surface area contributed by atoms with E-state index >= 15 is 0 Å². The predicted molar refractivity (Wildman–Crippen MR) is 93.5 cm³/mol. The van der Waals surface area contributed by atoms with Crippen LogP contribution in [0.1, 0.15) is 24.0 Å². The number of halogens is 2. The highest BCUT2D eigenvalue weighted by Gasteiger charge is 2.17. The largest absolute Gasteiger partial charge is 0.288 e. The minimum atomic E-state index is -0.411. The Kier molecular flexibility index (Phi) is 5.04. The van der Waals surface area contributed by atoms with Gasteiger partial charge in [0.25, 0.3) is 0 Å². The molecular formula is C22H14F2O. The number of benzene rings is 2. The molecule has 0 N–H and O–H groups in total. The normalized spacial score (nSPS) is 13.4. The number of ketones is 1. The molecule has 0 fully saturated rings. The van der Waals surface area contributed by atoms with Gasteiger partial charge in [-0.15, -0.1) is 5.73 Å². The van der Waals surface area contributed by atoms with Crippen LogP contribution >= 0.6 is 0 Å². The van der Waals surface area contributed by atoms with Gasteiger partial charge in [0, 0.05) is 5.57 Å². The van der Waals surface area contributed by atoms with Gasteiger partial charge in [-0.2, -0.15) is 0 Å². The molecule has 2 aromatic carbocycles. The smallest absolute Gasteiger partial charge is 0.204 e. The Morgan fingerprint density at radius 1 is 0.960 bits per heavy atom. The van der Waals surface area contributed by atoms with Gasteiger partial charge in [-0.3, -0.25) is 4.79 Å². The van der Waals surface area contributed by atoms with E-state index in [1.54, 1.807) is 42.5 Å². The first-order valence-electron chi connectivity index (χ1n) is 7.86. The van der Waals surface area contributed by atoms with Crippen molar-refractivity contribution < 1.29 is 13.6 Å². The molecular weight excluding hydrogens is 318 g/mol. The van der Waals surface area contributed by atoms with Crippen LogP contribution in [0.2, 0.25) is 0 Å². The zero-order chi connectivity index (χ0) is 17.6. The average Bonchev–Trinajstić information content (AvgIpc) is 2.62. The second-order valence-electron chi connectivity index (χ2n) is 5.53. The number of hydrogen-bond acceptors (Lipinski definition) is 1. The summed E-state index contributed by atoms with van der Waals surface area (Å²) in [7, 11) is 0. The number of carbonyl (C=O) groups excluding carboxylic acids is 1. The second kappa shape index (κ2) is 7.57. The van der Waals surface area contributed by atoms with Gasteiger partial charge in [-0.1, -0.05) is 42.2 Å². The zero-order valence-corrected chi connectivity index (χ0v) is 13.4. The molecule has 0 atom stereocenters. The maximum Gasteiger partial charge on any atom is 0.204 e. The lowest BCUT2D eigenvalue weighted by molar-refractivity contribution is -0.112. The molecule has 0 heterocycles.